The van der Waals surface area contributed by atoms with Crippen LogP contribution in [0, 0.1) is 5.92 Å². The van der Waals surface area contributed by atoms with E-state index in [2.05, 4.69) is 13.5 Å². The fourth-order valence-corrected chi connectivity index (χ4v) is 1.06. The van der Waals surface area contributed by atoms with E-state index in [0.717, 1.165) is 17.6 Å². The van der Waals surface area contributed by atoms with Crippen molar-refractivity contribution in [3.05, 3.63) is 35.6 Å². The second-order valence-corrected chi connectivity index (χ2v) is 3.47. The lowest BCUT2D eigenvalue weighted by Gasteiger charge is -2.09. The van der Waals surface area contributed by atoms with Gasteiger partial charge in [-0.05, 0) is 25.8 Å². The van der Waals surface area contributed by atoms with Crippen LogP contribution < -0.4 is 0 Å². The van der Waals surface area contributed by atoms with Crippen molar-refractivity contribution in [2.45, 2.75) is 34.1 Å². The highest BCUT2D eigenvalue weighted by atomic mass is 16.3. The van der Waals surface area contributed by atoms with Crippen LogP contribution in [-0.4, -0.2) is 5.11 Å². The second kappa shape index (κ2) is 5.63. The zero-order valence-corrected chi connectivity index (χ0v) is 9.09. The van der Waals surface area contributed by atoms with Gasteiger partial charge in [0.15, 0.2) is 0 Å². The largest absolute Gasteiger partial charge is 0.512 e. The molecule has 0 radical (unpaired) electrons. The third-order valence-electron chi connectivity index (χ3n) is 2.25. The molecule has 13 heavy (non-hydrogen) atoms. The van der Waals surface area contributed by atoms with Gasteiger partial charge < -0.3 is 5.11 Å². The standard InChI is InChI=1S/C12H20O/c1-6-9(3)8-11(5)12(13)10(4)7-2/h6,8,10,13H,1,7H2,2-5H3/b9-8-,12-11+. The maximum Gasteiger partial charge on any atom is 0.0979 e. The summed E-state index contributed by atoms with van der Waals surface area (Å²) in [5.41, 5.74) is 2.01. The van der Waals surface area contributed by atoms with Gasteiger partial charge in [-0.2, -0.15) is 0 Å². The Morgan fingerprint density at radius 3 is 2.38 bits per heavy atom. The molecule has 1 nitrogen and oxygen atoms in total. The lowest BCUT2D eigenvalue weighted by molar-refractivity contribution is 0.331. The van der Waals surface area contributed by atoms with Gasteiger partial charge in [-0.1, -0.05) is 38.2 Å². The lowest BCUT2D eigenvalue weighted by Crippen LogP contribution is -1.99. The highest BCUT2D eigenvalue weighted by Gasteiger charge is 2.06. The van der Waals surface area contributed by atoms with Gasteiger partial charge in [0.25, 0.3) is 0 Å². The van der Waals surface area contributed by atoms with E-state index < -0.39 is 0 Å². The highest BCUT2D eigenvalue weighted by Crippen LogP contribution is 2.17. The van der Waals surface area contributed by atoms with E-state index >= 15 is 0 Å². The van der Waals surface area contributed by atoms with E-state index in [1.54, 1.807) is 6.08 Å². The summed E-state index contributed by atoms with van der Waals surface area (Å²) in [4.78, 5) is 0. The molecule has 0 amide bonds. The molecule has 0 aliphatic rings. The molecule has 0 aromatic heterocycles. The minimum Gasteiger partial charge on any atom is -0.512 e. The fraction of sp³-hybridized carbons (Fsp3) is 0.500. The van der Waals surface area contributed by atoms with Gasteiger partial charge in [-0.3, -0.25) is 0 Å². The first kappa shape index (κ1) is 12.0. The highest BCUT2D eigenvalue weighted by molar-refractivity contribution is 5.28. The monoisotopic (exact) mass is 180 g/mol. The normalized spacial score (nSPS) is 16.5. The Bertz CT molecular complexity index is 234. The Hall–Kier alpha value is -0.980. The van der Waals surface area contributed by atoms with Crippen LogP contribution in [0.3, 0.4) is 0 Å². The maximum absolute atomic E-state index is 9.73. The average Bonchev–Trinajstić information content (AvgIpc) is 2.14. The van der Waals surface area contributed by atoms with Crippen LogP contribution in [0.1, 0.15) is 34.1 Å². The minimum absolute atomic E-state index is 0.244. The van der Waals surface area contributed by atoms with Crippen molar-refractivity contribution in [2.75, 3.05) is 0 Å². The van der Waals surface area contributed by atoms with Crippen molar-refractivity contribution in [3.63, 3.8) is 0 Å². The number of rotatable bonds is 4. The average molecular weight is 180 g/mol. The lowest BCUT2D eigenvalue weighted by atomic mass is 10.0. The number of hydrogen-bond donors (Lipinski definition) is 1. The zero-order valence-electron chi connectivity index (χ0n) is 9.09. The predicted molar refractivity (Wildman–Crippen MR) is 58.7 cm³/mol. The van der Waals surface area contributed by atoms with Gasteiger partial charge in [0.05, 0.1) is 5.76 Å². The van der Waals surface area contributed by atoms with Crippen molar-refractivity contribution >= 4 is 0 Å². The predicted octanol–water partition coefficient (Wildman–Crippen LogP) is 4.00. The number of aliphatic hydroxyl groups excluding tert-OH is 1. The van der Waals surface area contributed by atoms with Gasteiger partial charge in [0.2, 0.25) is 0 Å². The summed E-state index contributed by atoms with van der Waals surface area (Å²) >= 11 is 0. The SMILES string of the molecule is C=C/C(C)=C\C(C)=C(\O)C(C)CC. The third kappa shape index (κ3) is 3.97. The van der Waals surface area contributed by atoms with E-state index in [1.165, 1.54) is 0 Å². The van der Waals surface area contributed by atoms with Crippen molar-refractivity contribution in [1.82, 2.24) is 0 Å². The second-order valence-electron chi connectivity index (χ2n) is 3.47. The molecule has 74 valence electrons. The summed E-state index contributed by atoms with van der Waals surface area (Å²) in [6.45, 7) is 11.7. The quantitative estimate of drug-likeness (QED) is 0.512. The molecule has 0 fully saturated rings. The Balaban J connectivity index is 4.71. The topological polar surface area (TPSA) is 20.2 Å². The molecule has 1 unspecified atom stereocenters. The molecule has 0 aromatic carbocycles. The summed E-state index contributed by atoms with van der Waals surface area (Å²) in [5, 5.41) is 9.73. The maximum atomic E-state index is 9.73. The Morgan fingerprint density at radius 2 is 2.00 bits per heavy atom. The van der Waals surface area contributed by atoms with Crippen LogP contribution in [0.4, 0.5) is 0 Å². The van der Waals surface area contributed by atoms with Crippen LogP contribution in [0.25, 0.3) is 0 Å². The molecular formula is C12H20O. The molecule has 1 N–H and O–H groups in total. The molecule has 0 rings (SSSR count). The molecule has 0 heterocycles. The van der Waals surface area contributed by atoms with E-state index in [0.29, 0.717) is 5.76 Å². The molecule has 1 heteroatoms. The Labute approximate surface area is 81.5 Å². The van der Waals surface area contributed by atoms with Gasteiger partial charge in [-0.25, -0.2) is 0 Å². The number of hydrogen-bond acceptors (Lipinski definition) is 1. The third-order valence-corrected chi connectivity index (χ3v) is 2.25. The molecule has 0 aliphatic heterocycles. The van der Waals surface area contributed by atoms with Crippen LogP contribution in [0.5, 0.6) is 0 Å². The van der Waals surface area contributed by atoms with Crippen LogP contribution in [0.15, 0.2) is 35.6 Å². The van der Waals surface area contributed by atoms with Crippen LogP contribution in [0.2, 0.25) is 0 Å². The van der Waals surface area contributed by atoms with Gasteiger partial charge in [0, 0.05) is 5.92 Å². The van der Waals surface area contributed by atoms with E-state index in [9.17, 15) is 5.11 Å². The molecule has 0 spiro atoms. The van der Waals surface area contributed by atoms with E-state index in [4.69, 9.17) is 0 Å². The molecule has 0 bridgehead atoms. The van der Waals surface area contributed by atoms with Crippen molar-refractivity contribution in [2.24, 2.45) is 5.92 Å². The van der Waals surface area contributed by atoms with Crippen LogP contribution in [-0.2, 0) is 0 Å². The molecule has 0 aliphatic carbocycles. The van der Waals surface area contributed by atoms with Gasteiger partial charge in [0.1, 0.15) is 0 Å². The van der Waals surface area contributed by atoms with Gasteiger partial charge in [-0.15, -0.1) is 0 Å². The number of aliphatic hydroxyl groups is 1. The zero-order chi connectivity index (χ0) is 10.4. The molecule has 0 saturated carbocycles. The molecule has 0 saturated heterocycles. The Kier molecular flexibility index (Phi) is 5.20. The molecule has 0 aromatic rings. The van der Waals surface area contributed by atoms with Crippen molar-refractivity contribution in [1.29, 1.82) is 0 Å². The van der Waals surface area contributed by atoms with Crippen molar-refractivity contribution < 1.29 is 5.11 Å². The summed E-state index contributed by atoms with van der Waals surface area (Å²) in [6, 6.07) is 0. The van der Waals surface area contributed by atoms with Crippen molar-refractivity contribution in [3.8, 4) is 0 Å². The molecule has 1 atom stereocenters. The smallest absolute Gasteiger partial charge is 0.0979 e. The first-order valence-corrected chi connectivity index (χ1v) is 4.73. The summed E-state index contributed by atoms with van der Waals surface area (Å²) in [6.07, 6.45) is 4.70. The van der Waals surface area contributed by atoms with E-state index in [-0.39, 0.29) is 5.92 Å². The van der Waals surface area contributed by atoms with Gasteiger partial charge >= 0.3 is 0 Å². The summed E-state index contributed by atoms with van der Waals surface area (Å²) < 4.78 is 0. The first-order chi connectivity index (χ1) is 6.02. The van der Waals surface area contributed by atoms with E-state index in [1.807, 2.05) is 26.8 Å². The molecular weight excluding hydrogens is 160 g/mol. The van der Waals surface area contributed by atoms with Crippen LogP contribution >= 0.6 is 0 Å². The summed E-state index contributed by atoms with van der Waals surface area (Å²) in [5.74, 6) is 0.734. The fourth-order valence-electron chi connectivity index (χ4n) is 1.06. The number of allylic oxidation sites excluding steroid dienone is 5. The summed E-state index contributed by atoms with van der Waals surface area (Å²) in [7, 11) is 0. The minimum atomic E-state index is 0.244. The Morgan fingerprint density at radius 1 is 1.46 bits per heavy atom. The first-order valence-electron chi connectivity index (χ1n) is 4.73.